The quantitative estimate of drug-likeness (QED) is 0.441. The summed E-state index contributed by atoms with van der Waals surface area (Å²) in [7, 11) is 2.00. The number of benzene rings is 2. The number of imidazole rings is 2. The second-order valence-corrected chi connectivity index (χ2v) is 5.27. The largest absolute Gasteiger partial charge is 0.359 e. The van der Waals surface area contributed by atoms with Gasteiger partial charge < -0.3 is 9.55 Å². The average molecular weight is 273 g/mol. The minimum absolute atomic E-state index is 0.916. The van der Waals surface area contributed by atoms with Crippen LogP contribution in [0.2, 0.25) is 0 Å². The molecular formula is C16H11N5. The molecule has 1 N–H and O–H groups in total. The maximum absolute atomic E-state index is 4.46. The van der Waals surface area contributed by atoms with E-state index in [9.17, 15) is 0 Å². The number of aryl methyl sites for hydroxylation is 1. The van der Waals surface area contributed by atoms with Gasteiger partial charge in [-0.05, 0) is 23.6 Å². The third kappa shape index (κ3) is 1.27. The molecule has 0 aliphatic carbocycles. The predicted molar refractivity (Wildman–Crippen MR) is 83.2 cm³/mol. The Morgan fingerprint density at radius 1 is 1.00 bits per heavy atom. The molecule has 2 aromatic carbocycles. The molecule has 5 heteroatoms. The van der Waals surface area contributed by atoms with E-state index in [1.165, 1.54) is 0 Å². The molecule has 0 unspecified atom stereocenters. The summed E-state index contributed by atoms with van der Waals surface area (Å²) in [5, 5.41) is 3.42. The molecule has 0 aliphatic rings. The van der Waals surface area contributed by atoms with Crippen LogP contribution >= 0.6 is 0 Å². The second kappa shape index (κ2) is 3.58. The standard InChI is InChI=1S/C16H11N5/c1-21-8-20-12-5-10-9-3-2-4-17-14(9)16-15(18-7-19-16)11(10)6-13(12)21/h2-8,17H,1H3. The first-order chi connectivity index (χ1) is 10.3. The Bertz CT molecular complexity index is 1150. The minimum Gasteiger partial charge on any atom is -0.359 e. The molecule has 5 nitrogen and oxygen atoms in total. The number of rotatable bonds is 0. The summed E-state index contributed by atoms with van der Waals surface area (Å²) in [4.78, 5) is 16.6. The molecule has 21 heavy (non-hydrogen) atoms. The van der Waals surface area contributed by atoms with Gasteiger partial charge in [0, 0.05) is 24.0 Å². The molecule has 0 spiro atoms. The van der Waals surface area contributed by atoms with Crippen LogP contribution in [0.15, 0.2) is 43.1 Å². The van der Waals surface area contributed by atoms with Gasteiger partial charge >= 0.3 is 0 Å². The van der Waals surface area contributed by atoms with Crippen molar-refractivity contribution in [3.05, 3.63) is 43.1 Å². The number of hydrogen-bond donors (Lipinski definition) is 1. The first kappa shape index (κ1) is 10.8. The highest BCUT2D eigenvalue weighted by atomic mass is 15.0. The number of hydrogen-bond acceptors (Lipinski definition) is 3. The highest BCUT2D eigenvalue weighted by Gasteiger charge is 2.13. The smallest absolute Gasteiger partial charge is 0.117 e. The van der Waals surface area contributed by atoms with Crippen molar-refractivity contribution >= 4 is 43.7 Å². The molecule has 0 saturated heterocycles. The molecule has 3 aromatic heterocycles. The Morgan fingerprint density at radius 3 is 2.86 bits per heavy atom. The lowest BCUT2D eigenvalue weighted by Crippen LogP contribution is -1.87. The van der Waals surface area contributed by atoms with E-state index in [2.05, 4.69) is 38.1 Å². The van der Waals surface area contributed by atoms with Crippen LogP contribution in [0.1, 0.15) is 0 Å². The zero-order valence-corrected chi connectivity index (χ0v) is 11.3. The summed E-state index contributed by atoms with van der Waals surface area (Å²) >= 11 is 0. The molecule has 0 aliphatic heterocycles. The van der Waals surface area contributed by atoms with E-state index in [-0.39, 0.29) is 0 Å². The lowest BCUT2D eigenvalue weighted by atomic mass is 10.0. The van der Waals surface area contributed by atoms with Gasteiger partial charge in [-0.25, -0.2) is 15.0 Å². The van der Waals surface area contributed by atoms with E-state index < -0.39 is 0 Å². The molecule has 5 aromatic rings. The van der Waals surface area contributed by atoms with Crippen molar-refractivity contribution in [2.24, 2.45) is 7.05 Å². The van der Waals surface area contributed by atoms with E-state index in [0.29, 0.717) is 0 Å². The molecule has 3 heterocycles. The van der Waals surface area contributed by atoms with Gasteiger partial charge in [0.1, 0.15) is 17.4 Å². The lowest BCUT2D eigenvalue weighted by molar-refractivity contribution is 0.948. The Kier molecular flexibility index (Phi) is 1.84. The zero-order chi connectivity index (χ0) is 14.0. The van der Waals surface area contributed by atoms with E-state index >= 15 is 0 Å². The molecule has 0 atom stereocenters. The molecule has 0 bridgehead atoms. The van der Waals surface area contributed by atoms with Crippen LogP contribution in [0.4, 0.5) is 0 Å². The van der Waals surface area contributed by atoms with Crippen LogP contribution in [0.25, 0.3) is 43.7 Å². The van der Waals surface area contributed by atoms with Gasteiger partial charge in [0.2, 0.25) is 0 Å². The van der Waals surface area contributed by atoms with Crippen molar-refractivity contribution in [2.45, 2.75) is 0 Å². The molecule has 100 valence electrons. The van der Waals surface area contributed by atoms with Crippen molar-refractivity contribution in [2.75, 3.05) is 0 Å². The number of fused-ring (bicyclic) bond motifs is 7. The van der Waals surface area contributed by atoms with Crippen LogP contribution in [-0.4, -0.2) is 24.5 Å². The van der Waals surface area contributed by atoms with Gasteiger partial charge in [0.05, 0.1) is 22.9 Å². The van der Waals surface area contributed by atoms with Crippen molar-refractivity contribution in [3.63, 3.8) is 0 Å². The Labute approximate surface area is 119 Å². The van der Waals surface area contributed by atoms with Gasteiger partial charge in [-0.15, -0.1) is 0 Å². The predicted octanol–water partition coefficient (Wildman–Crippen LogP) is 3.15. The van der Waals surface area contributed by atoms with Gasteiger partial charge in [-0.1, -0.05) is 6.07 Å². The summed E-state index contributed by atoms with van der Waals surface area (Å²) in [6, 6.07) is 8.40. The van der Waals surface area contributed by atoms with Crippen LogP contribution < -0.4 is 0 Å². The fourth-order valence-corrected chi connectivity index (χ4v) is 3.10. The van der Waals surface area contributed by atoms with Crippen molar-refractivity contribution < 1.29 is 0 Å². The first-order valence-electron chi connectivity index (χ1n) is 6.77. The van der Waals surface area contributed by atoms with E-state index in [0.717, 1.165) is 43.7 Å². The summed E-state index contributed by atoms with van der Waals surface area (Å²) in [6.45, 7) is 0. The molecule has 0 fully saturated rings. The normalized spacial score (nSPS) is 12.0. The topological polar surface area (TPSA) is 59.4 Å². The maximum Gasteiger partial charge on any atom is 0.117 e. The number of nitrogens with zero attached hydrogens (tertiary/aromatic N) is 4. The Morgan fingerprint density at radius 2 is 1.90 bits per heavy atom. The van der Waals surface area contributed by atoms with Gasteiger partial charge in [-0.3, -0.25) is 0 Å². The second-order valence-electron chi connectivity index (χ2n) is 5.27. The van der Waals surface area contributed by atoms with Gasteiger partial charge in [0.25, 0.3) is 0 Å². The van der Waals surface area contributed by atoms with Crippen LogP contribution in [0, 0.1) is 0 Å². The fourth-order valence-electron chi connectivity index (χ4n) is 3.10. The van der Waals surface area contributed by atoms with Crippen LogP contribution in [-0.2, 0) is 7.05 Å². The van der Waals surface area contributed by atoms with Gasteiger partial charge in [-0.2, -0.15) is 0 Å². The Hall–Kier alpha value is -2.95. The minimum atomic E-state index is 0.916. The molecule has 0 saturated carbocycles. The maximum atomic E-state index is 4.46. The van der Waals surface area contributed by atoms with Crippen LogP contribution in [0.5, 0.6) is 0 Å². The number of aromatic amines is 1. The summed E-state index contributed by atoms with van der Waals surface area (Å²) in [6.07, 6.45) is 5.38. The first-order valence-corrected chi connectivity index (χ1v) is 6.77. The molecular weight excluding hydrogens is 262 g/mol. The Balaban J connectivity index is 2.19. The fraction of sp³-hybridized carbons (Fsp3) is 0.0625. The number of pyridine rings is 1. The monoisotopic (exact) mass is 273 g/mol. The van der Waals surface area contributed by atoms with Gasteiger partial charge in [0.15, 0.2) is 0 Å². The summed E-state index contributed by atoms with van der Waals surface area (Å²) in [5.41, 5.74) is 4.97. The van der Waals surface area contributed by atoms with Crippen molar-refractivity contribution in [1.82, 2.24) is 24.5 Å². The number of nitrogens with one attached hydrogen (secondary N) is 1. The number of aromatic nitrogens is 5. The lowest BCUT2D eigenvalue weighted by Gasteiger charge is -2.06. The molecule has 0 radical (unpaired) electrons. The zero-order valence-electron chi connectivity index (χ0n) is 11.3. The highest BCUT2D eigenvalue weighted by Crippen LogP contribution is 2.34. The number of H-pyrrole nitrogens is 1. The average Bonchev–Trinajstić information content (AvgIpc) is 3.14. The third-order valence-electron chi connectivity index (χ3n) is 4.10. The third-order valence-corrected chi connectivity index (χ3v) is 4.10. The SMILES string of the molecule is Cn1cnc2cc3c(cc21)c1ncnc1c1[nH]cccc31. The molecule has 5 rings (SSSR count). The van der Waals surface area contributed by atoms with E-state index in [4.69, 9.17) is 0 Å². The molecule has 0 amide bonds. The van der Waals surface area contributed by atoms with Crippen molar-refractivity contribution in [1.29, 1.82) is 0 Å². The summed E-state index contributed by atoms with van der Waals surface area (Å²) < 4.78 is 2.03. The highest BCUT2D eigenvalue weighted by molar-refractivity contribution is 6.23. The van der Waals surface area contributed by atoms with E-state index in [1.54, 1.807) is 6.33 Å². The van der Waals surface area contributed by atoms with E-state index in [1.807, 2.05) is 30.2 Å². The summed E-state index contributed by atoms with van der Waals surface area (Å²) in [5.74, 6) is 0. The van der Waals surface area contributed by atoms with Crippen molar-refractivity contribution in [3.8, 4) is 0 Å². The van der Waals surface area contributed by atoms with Crippen LogP contribution in [0.3, 0.4) is 0 Å².